The first-order chi connectivity index (χ1) is 13.1. The molecule has 0 aliphatic heterocycles. The molecule has 0 aromatic heterocycles. The summed E-state index contributed by atoms with van der Waals surface area (Å²) in [4.78, 5) is 12.3. The van der Waals surface area contributed by atoms with E-state index in [9.17, 15) is 4.79 Å². The fourth-order valence-corrected chi connectivity index (χ4v) is 3.04. The third kappa shape index (κ3) is 4.86. The molecule has 0 heterocycles. The molecule has 2 N–H and O–H groups in total. The lowest BCUT2D eigenvalue weighted by Crippen LogP contribution is -2.34. The Morgan fingerprint density at radius 2 is 1.89 bits per heavy atom. The maximum Gasteiger partial charge on any atom is 0.262 e. The van der Waals surface area contributed by atoms with Gasteiger partial charge in [0.05, 0.1) is 13.3 Å². The summed E-state index contributed by atoms with van der Waals surface area (Å²) in [5.41, 5.74) is 4.21. The van der Waals surface area contributed by atoms with E-state index in [4.69, 9.17) is 4.74 Å². The summed E-state index contributed by atoms with van der Waals surface area (Å²) in [6, 6.07) is 19.2. The Labute approximate surface area is 166 Å². The smallest absolute Gasteiger partial charge is 0.262 e. The Balaban J connectivity index is 1.62. The van der Waals surface area contributed by atoms with Crippen molar-refractivity contribution in [2.45, 2.75) is 13.0 Å². The van der Waals surface area contributed by atoms with E-state index < -0.39 is 6.04 Å². The van der Waals surface area contributed by atoms with Gasteiger partial charge in [-0.1, -0.05) is 46.3 Å². The molecule has 1 amide bonds. The minimum atomic E-state index is -0.437. The molecule has 0 fully saturated rings. The van der Waals surface area contributed by atoms with E-state index in [2.05, 4.69) is 37.8 Å². The number of methoxy groups -OCH3 is 1. The second kappa shape index (κ2) is 8.68. The molecule has 138 valence electrons. The summed E-state index contributed by atoms with van der Waals surface area (Å²) >= 11 is 3.41. The number of nitrogens with one attached hydrogen (secondary N) is 2. The molecule has 1 unspecified atom stereocenters. The van der Waals surface area contributed by atoms with Crippen LogP contribution < -0.4 is 15.5 Å². The van der Waals surface area contributed by atoms with Gasteiger partial charge in [-0.05, 0) is 48.0 Å². The van der Waals surface area contributed by atoms with Gasteiger partial charge in [-0.25, -0.2) is 5.43 Å². The normalized spacial score (nSPS) is 12.1. The van der Waals surface area contributed by atoms with Crippen molar-refractivity contribution in [2.24, 2.45) is 5.10 Å². The molecule has 3 rings (SSSR count). The Kier molecular flexibility index (Phi) is 6.08. The van der Waals surface area contributed by atoms with Crippen LogP contribution in [0.5, 0.6) is 5.75 Å². The van der Waals surface area contributed by atoms with E-state index in [0.717, 1.165) is 26.5 Å². The lowest BCUT2D eigenvalue weighted by Gasteiger charge is -2.14. The zero-order chi connectivity index (χ0) is 19.2. The molecular formula is C21H20BrN3O2. The molecule has 27 heavy (non-hydrogen) atoms. The topological polar surface area (TPSA) is 62.7 Å². The van der Waals surface area contributed by atoms with Crippen molar-refractivity contribution >= 4 is 44.5 Å². The van der Waals surface area contributed by atoms with Gasteiger partial charge in [0.15, 0.2) is 0 Å². The fourth-order valence-electron chi connectivity index (χ4n) is 2.66. The second-order valence-electron chi connectivity index (χ2n) is 6.05. The van der Waals surface area contributed by atoms with E-state index in [1.54, 1.807) is 20.2 Å². The molecule has 0 bridgehead atoms. The third-order valence-corrected chi connectivity index (χ3v) is 4.59. The minimum Gasteiger partial charge on any atom is -0.496 e. The summed E-state index contributed by atoms with van der Waals surface area (Å²) in [5, 5.41) is 9.51. The molecule has 0 radical (unpaired) electrons. The number of halogens is 1. The highest BCUT2D eigenvalue weighted by atomic mass is 79.9. The van der Waals surface area contributed by atoms with E-state index in [0.29, 0.717) is 5.75 Å². The molecule has 0 aliphatic rings. The fraction of sp³-hybridized carbons (Fsp3) is 0.143. The summed E-state index contributed by atoms with van der Waals surface area (Å²) in [6.45, 7) is 1.79. The Morgan fingerprint density at radius 1 is 1.11 bits per heavy atom. The number of nitrogens with zero attached hydrogens (tertiary/aromatic N) is 1. The number of carbonyl (C=O) groups is 1. The average molecular weight is 426 g/mol. The number of hydrazone groups is 1. The Hall–Kier alpha value is -2.86. The quantitative estimate of drug-likeness (QED) is 0.449. The molecule has 3 aromatic rings. The summed E-state index contributed by atoms with van der Waals surface area (Å²) in [5.74, 6) is 0.451. The number of ether oxygens (including phenoxy) is 1. The standard InChI is InChI=1S/C21H20BrN3O2/c1-14(24-19-9-7-15-5-3-4-6-16(15)12-19)21(26)25-23-13-17-11-18(22)8-10-20(17)27-2/h3-14,24H,1-2H3,(H,25,26)/b23-13+. The number of amides is 1. The maximum absolute atomic E-state index is 12.3. The Morgan fingerprint density at radius 3 is 2.67 bits per heavy atom. The van der Waals surface area contributed by atoms with Gasteiger partial charge >= 0.3 is 0 Å². The number of benzene rings is 3. The van der Waals surface area contributed by atoms with Crippen LogP contribution in [0.3, 0.4) is 0 Å². The number of anilines is 1. The number of hydrogen-bond acceptors (Lipinski definition) is 4. The summed E-state index contributed by atoms with van der Waals surface area (Å²) < 4.78 is 6.19. The van der Waals surface area contributed by atoms with Crippen LogP contribution in [0, 0.1) is 0 Å². The maximum atomic E-state index is 12.3. The number of hydrogen-bond donors (Lipinski definition) is 2. The predicted octanol–water partition coefficient (Wildman–Crippen LogP) is 4.56. The van der Waals surface area contributed by atoms with Crippen LogP contribution in [0.15, 0.2) is 70.2 Å². The van der Waals surface area contributed by atoms with E-state index in [-0.39, 0.29) is 5.91 Å². The molecule has 0 saturated heterocycles. The highest BCUT2D eigenvalue weighted by Gasteiger charge is 2.12. The zero-order valence-electron chi connectivity index (χ0n) is 15.1. The van der Waals surface area contributed by atoms with E-state index in [1.165, 1.54) is 0 Å². The molecule has 3 aromatic carbocycles. The monoisotopic (exact) mass is 425 g/mol. The van der Waals surface area contributed by atoms with Gasteiger partial charge in [0.2, 0.25) is 0 Å². The van der Waals surface area contributed by atoms with Crippen LogP contribution in [0.25, 0.3) is 10.8 Å². The van der Waals surface area contributed by atoms with Gasteiger partial charge in [0.25, 0.3) is 5.91 Å². The molecule has 0 spiro atoms. The largest absolute Gasteiger partial charge is 0.496 e. The summed E-state index contributed by atoms with van der Waals surface area (Å²) in [6.07, 6.45) is 1.56. The molecular weight excluding hydrogens is 406 g/mol. The molecule has 5 nitrogen and oxygen atoms in total. The first kappa shape index (κ1) is 18.9. The highest BCUT2D eigenvalue weighted by molar-refractivity contribution is 9.10. The van der Waals surface area contributed by atoms with Crippen molar-refractivity contribution < 1.29 is 9.53 Å². The first-order valence-corrected chi connectivity index (χ1v) is 9.28. The van der Waals surface area contributed by atoms with E-state index >= 15 is 0 Å². The minimum absolute atomic E-state index is 0.228. The highest BCUT2D eigenvalue weighted by Crippen LogP contribution is 2.21. The summed E-state index contributed by atoms with van der Waals surface area (Å²) in [7, 11) is 1.59. The van der Waals surface area contributed by atoms with Crippen molar-refractivity contribution in [2.75, 3.05) is 12.4 Å². The van der Waals surface area contributed by atoms with Crippen molar-refractivity contribution in [3.8, 4) is 5.75 Å². The van der Waals surface area contributed by atoms with Crippen LogP contribution >= 0.6 is 15.9 Å². The lowest BCUT2D eigenvalue weighted by molar-refractivity contribution is -0.121. The predicted molar refractivity (Wildman–Crippen MR) is 113 cm³/mol. The van der Waals surface area contributed by atoms with Crippen LogP contribution in [0.4, 0.5) is 5.69 Å². The first-order valence-electron chi connectivity index (χ1n) is 8.48. The van der Waals surface area contributed by atoms with Crippen LogP contribution in [-0.2, 0) is 4.79 Å². The van der Waals surface area contributed by atoms with Gasteiger partial charge in [-0.15, -0.1) is 0 Å². The second-order valence-corrected chi connectivity index (χ2v) is 6.96. The lowest BCUT2D eigenvalue weighted by atomic mass is 10.1. The van der Waals surface area contributed by atoms with Gasteiger partial charge in [0, 0.05) is 15.7 Å². The average Bonchev–Trinajstić information content (AvgIpc) is 2.68. The molecule has 6 heteroatoms. The van der Waals surface area contributed by atoms with Crippen molar-refractivity contribution in [3.05, 3.63) is 70.7 Å². The van der Waals surface area contributed by atoms with Crippen molar-refractivity contribution in [3.63, 3.8) is 0 Å². The van der Waals surface area contributed by atoms with Gasteiger partial charge in [-0.2, -0.15) is 5.10 Å². The van der Waals surface area contributed by atoms with Crippen LogP contribution in [0.1, 0.15) is 12.5 Å². The SMILES string of the molecule is COc1ccc(Br)cc1/C=N/NC(=O)C(C)Nc1ccc2ccccc2c1. The van der Waals surface area contributed by atoms with Gasteiger partial charge in [0.1, 0.15) is 11.8 Å². The molecule has 0 saturated carbocycles. The van der Waals surface area contributed by atoms with Gasteiger partial charge in [-0.3, -0.25) is 4.79 Å². The van der Waals surface area contributed by atoms with Crippen molar-refractivity contribution in [1.82, 2.24) is 5.43 Å². The number of fused-ring (bicyclic) bond motifs is 1. The van der Waals surface area contributed by atoms with E-state index in [1.807, 2.05) is 54.6 Å². The molecule has 1 atom stereocenters. The Bertz CT molecular complexity index is 988. The third-order valence-electron chi connectivity index (χ3n) is 4.10. The number of carbonyl (C=O) groups excluding carboxylic acids is 1. The number of rotatable bonds is 6. The van der Waals surface area contributed by atoms with Crippen molar-refractivity contribution in [1.29, 1.82) is 0 Å². The molecule has 0 aliphatic carbocycles. The van der Waals surface area contributed by atoms with Gasteiger partial charge < -0.3 is 10.1 Å². The van der Waals surface area contributed by atoms with Crippen LogP contribution in [0.2, 0.25) is 0 Å². The zero-order valence-corrected chi connectivity index (χ0v) is 16.7. The van der Waals surface area contributed by atoms with Crippen LogP contribution in [-0.4, -0.2) is 25.3 Å².